The number of esters is 2. The Morgan fingerprint density at radius 3 is 1.56 bits per heavy atom. The predicted molar refractivity (Wildman–Crippen MR) is 109 cm³/mol. The van der Waals surface area contributed by atoms with Gasteiger partial charge in [0.15, 0.2) is 0 Å². The summed E-state index contributed by atoms with van der Waals surface area (Å²) < 4.78 is 11.7. The monoisotopic (exact) mass is 392 g/mol. The minimum atomic E-state index is -0.464. The second kappa shape index (κ2) is 12.9. The third-order valence-corrected chi connectivity index (χ3v) is 6.18. The number of carbonyl (C=O) groups excluding carboxylic acids is 2. The molecule has 0 radical (unpaired) electrons. The standard InChI is InChI=1S/C19H36O4S2/c1-7-18(8-2,22-16(20)11-14-24-5)12-13-19(9-3,10-4)23-17(21)15-25-6/h7-15H2,1-6H3. The van der Waals surface area contributed by atoms with Crippen molar-refractivity contribution in [2.45, 2.75) is 83.8 Å². The Bertz CT molecular complexity index is 391. The minimum absolute atomic E-state index is 0.129. The molecule has 0 amide bonds. The van der Waals surface area contributed by atoms with Gasteiger partial charge in [-0.15, -0.1) is 0 Å². The molecule has 0 unspecified atom stereocenters. The summed E-state index contributed by atoms with van der Waals surface area (Å²) in [5.74, 6) is 0.864. The van der Waals surface area contributed by atoms with Gasteiger partial charge in [-0.2, -0.15) is 23.5 Å². The average Bonchev–Trinajstić information content (AvgIpc) is 2.62. The van der Waals surface area contributed by atoms with Gasteiger partial charge in [0.2, 0.25) is 0 Å². The van der Waals surface area contributed by atoms with E-state index in [-0.39, 0.29) is 11.9 Å². The molecule has 0 bridgehead atoms. The number of rotatable bonds is 14. The summed E-state index contributed by atoms with van der Waals surface area (Å²) in [6, 6.07) is 0. The minimum Gasteiger partial charge on any atom is -0.459 e. The summed E-state index contributed by atoms with van der Waals surface area (Å²) in [4.78, 5) is 24.1. The zero-order valence-corrected chi connectivity index (χ0v) is 18.4. The maximum Gasteiger partial charge on any atom is 0.316 e. The molecule has 0 spiro atoms. The number of hydrogen-bond acceptors (Lipinski definition) is 6. The molecule has 148 valence electrons. The molecule has 0 aromatic heterocycles. The summed E-state index contributed by atoms with van der Waals surface area (Å²) in [6.07, 6.45) is 8.86. The molecule has 0 saturated heterocycles. The molecule has 0 fully saturated rings. The lowest BCUT2D eigenvalue weighted by Crippen LogP contribution is -2.40. The maximum absolute atomic E-state index is 12.1. The van der Waals surface area contributed by atoms with Crippen LogP contribution in [0.5, 0.6) is 0 Å². The molecule has 0 aromatic rings. The Hall–Kier alpha value is -0.360. The molecule has 0 heterocycles. The zero-order valence-electron chi connectivity index (χ0n) is 16.8. The van der Waals surface area contributed by atoms with Crippen LogP contribution in [-0.4, -0.2) is 47.2 Å². The summed E-state index contributed by atoms with van der Waals surface area (Å²) >= 11 is 3.12. The van der Waals surface area contributed by atoms with Crippen molar-refractivity contribution in [3.05, 3.63) is 0 Å². The average molecular weight is 393 g/mol. The van der Waals surface area contributed by atoms with Gasteiger partial charge in [0.05, 0.1) is 12.2 Å². The lowest BCUT2D eigenvalue weighted by Gasteiger charge is -2.37. The number of ether oxygens (including phenoxy) is 2. The summed E-state index contributed by atoms with van der Waals surface area (Å²) in [5, 5.41) is 0. The van der Waals surface area contributed by atoms with Crippen molar-refractivity contribution in [3.8, 4) is 0 Å². The van der Waals surface area contributed by atoms with Gasteiger partial charge in [-0.25, -0.2) is 0 Å². The third-order valence-electron chi connectivity index (χ3n) is 5.05. The molecule has 0 saturated carbocycles. The molecule has 0 aliphatic carbocycles. The second-order valence-corrected chi connectivity index (χ2v) is 8.26. The Morgan fingerprint density at radius 1 is 0.760 bits per heavy atom. The highest BCUT2D eigenvalue weighted by Gasteiger charge is 2.37. The topological polar surface area (TPSA) is 52.6 Å². The van der Waals surface area contributed by atoms with Crippen molar-refractivity contribution in [1.29, 1.82) is 0 Å². The molecule has 0 aliphatic rings. The fraction of sp³-hybridized carbons (Fsp3) is 0.895. The first-order valence-electron chi connectivity index (χ1n) is 9.28. The van der Waals surface area contributed by atoms with Crippen LogP contribution < -0.4 is 0 Å². The highest BCUT2D eigenvalue weighted by Crippen LogP contribution is 2.34. The number of carbonyl (C=O) groups is 2. The van der Waals surface area contributed by atoms with E-state index in [2.05, 4.69) is 27.7 Å². The van der Waals surface area contributed by atoms with Crippen molar-refractivity contribution in [2.24, 2.45) is 0 Å². The van der Waals surface area contributed by atoms with Gasteiger partial charge in [-0.1, -0.05) is 27.7 Å². The van der Waals surface area contributed by atoms with Crippen LogP contribution in [0.3, 0.4) is 0 Å². The van der Waals surface area contributed by atoms with Crippen LogP contribution in [0.15, 0.2) is 0 Å². The SMILES string of the molecule is CCC(CC)(CCC(CC)(CC)OC(=O)CSC)OC(=O)CCSC. The lowest BCUT2D eigenvalue weighted by molar-refractivity contribution is -0.168. The number of hydrogen-bond donors (Lipinski definition) is 0. The fourth-order valence-corrected chi connectivity index (χ4v) is 3.59. The molecule has 25 heavy (non-hydrogen) atoms. The maximum atomic E-state index is 12.1. The molecule has 0 aliphatic heterocycles. The largest absolute Gasteiger partial charge is 0.459 e. The van der Waals surface area contributed by atoms with Crippen molar-refractivity contribution >= 4 is 35.5 Å². The van der Waals surface area contributed by atoms with Crippen LogP contribution in [0.1, 0.15) is 72.6 Å². The van der Waals surface area contributed by atoms with Crippen LogP contribution in [0.2, 0.25) is 0 Å². The Morgan fingerprint density at radius 2 is 1.20 bits per heavy atom. The number of thioether (sulfide) groups is 2. The molecule has 0 N–H and O–H groups in total. The molecule has 0 rings (SSSR count). The van der Waals surface area contributed by atoms with Gasteiger partial charge < -0.3 is 9.47 Å². The quantitative estimate of drug-likeness (QED) is 0.384. The van der Waals surface area contributed by atoms with E-state index in [9.17, 15) is 9.59 Å². The highest BCUT2D eigenvalue weighted by atomic mass is 32.2. The van der Waals surface area contributed by atoms with Crippen molar-refractivity contribution in [1.82, 2.24) is 0 Å². The van der Waals surface area contributed by atoms with Crippen LogP contribution in [-0.2, 0) is 19.1 Å². The van der Waals surface area contributed by atoms with E-state index in [1.165, 1.54) is 11.8 Å². The van der Waals surface area contributed by atoms with E-state index in [1.54, 1.807) is 11.8 Å². The molecule has 4 nitrogen and oxygen atoms in total. The van der Waals surface area contributed by atoms with Gasteiger partial charge in [-0.3, -0.25) is 9.59 Å². The van der Waals surface area contributed by atoms with Gasteiger partial charge in [0, 0.05) is 5.75 Å². The first-order valence-corrected chi connectivity index (χ1v) is 12.1. The Labute approximate surface area is 162 Å². The molecular formula is C19H36O4S2. The van der Waals surface area contributed by atoms with Crippen LogP contribution in [0.4, 0.5) is 0 Å². The summed E-state index contributed by atoms with van der Waals surface area (Å²) in [7, 11) is 0. The van der Waals surface area contributed by atoms with Crippen LogP contribution in [0.25, 0.3) is 0 Å². The van der Waals surface area contributed by atoms with Crippen molar-refractivity contribution in [2.75, 3.05) is 24.0 Å². The first kappa shape index (κ1) is 24.6. The summed E-state index contributed by atoms with van der Waals surface area (Å²) in [5.41, 5.74) is -0.926. The van der Waals surface area contributed by atoms with E-state index in [1.807, 2.05) is 12.5 Å². The van der Waals surface area contributed by atoms with Gasteiger partial charge in [-0.05, 0) is 51.0 Å². The van der Waals surface area contributed by atoms with Crippen LogP contribution >= 0.6 is 23.5 Å². The lowest BCUT2D eigenvalue weighted by atomic mass is 9.83. The summed E-state index contributed by atoms with van der Waals surface area (Å²) in [6.45, 7) is 8.23. The van der Waals surface area contributed by atoms with Gasteiger partial charge in [0.25, 0.3) is 0 Å². The van der Waals surface area contributed by atoms with E-state index < -0.39 is 11.2 Å². The second-order valence-electron chi connectivity index (χ2n) is 6.40. The van der Waals surface area contributed by atoms with Gasteiger partial charge >= 0.3 is 11.9 Å². The first-order chi connectivity index (χ1) is 11.9. The van der Waals surface area contributed by atoms with E-state index in [0.717, 1.165) is 44.3 Å². The van der Waals surface area contributed by atoms with E-state index in [0.29, 0.717) is 12.2 Å². The van der Waals surface area contributed by atoms with Crippen molar-refractivity contribution in [3.63, 3.8) is 0 Å². The normalized spacial score (nSPS) is 12.1. The predicted octanol–water partition coefficient (Wildman–Crippen LogP) is 5.09. The van der Waals surface area contributed by atoms with Crippen molar-refractivity contribution < 1.29 is 19.1 Å². The van der Waals surface area contributed by atoms with E-state index in [4.69, 9.17) is 9.47 Å². The smallest absolute Gasteiger partial charge is 0.316 e. The van der Waals surface area contributed by atoms with Gasteiger partial charge in [0.1, 0.15) is 11.2 Å². The zero-order chi connectivity index (χ0) is 19.3. The van der Waals surface area contributed by atoms with E-state index >= 15 is 0 Å². The molecule has 0 aromatic carbocycles. The third kappa shape index (κ3) is 8.72. The molecule has 6 heteroatoms. The fourth-order valence-electron chi connectivity index (χ4n) is 2.92. The van der Waals surface area contributed by atoms with Crippen LogP contribution in [0, 0.1) is 0 Å². The molecule has 0 atom stereocenters. The highest BCUT2D eigenvalue weighted by molar-refractivity contribution is 7.99. The molecular weight excluding hydrogens is 356 g/mol. The Kier molecular flexibility index (Phi) is 12.7. The Balaban J connectivity index is 5.02.